The van der Waals surface area contributed by atoms with Gasteiger partial charge in [-0.2, -0.15) is 5.26 Å². The van der Waals surface area contributed by atoms with Crippen molar-refractivity contribution in [1.29, 1.82) is 5.26 Å². The molecule has 0 aromatic heterocycles. The molecule has 2 fully saturated rings. The number of hydrogen-bond donors (Lipinski definition) is 2. The highest BCUT2D eigenvalue weighted by Gasteiger charge is 2.56. The largest absolute Gasteiger partial charge is 0.481 e. The summed E-state index contributed by atoms with van der Waals surface area (Å²) in [6, 6.07) is 2.42. The molecule has 6 heteroatoms. The molecule has 0 amide bonds. The Bertz CT molecular complexity index is 642. The molecule has 30 heavy (non-hydrogen) atoms. The van der Waals surface area contributed by atoms with E-state index in [4.69, 9.17) is 14.6 Å². The van der Waals surface area contributed by atoms with E-state index in [0.29, 0.717) is 45.3 Å². The topological polar surface area (TPSA) is 99.8 Å². The zero-order valence-corrected chi connectivity index (χ0v) is 18.4. The maximum atomic E-state index is 10.7. The van der Waals surface area contributed by atoms with Crippen LogP contribution in [0, 0.1) is 29.1 Å². The Labute approximate surface area is 180 Å². The second-order valence-electron chi connectivity index (χ2n) is 8.80. The zero-order valence-electron chi connectivity index (χ0n) is 18.4. The Balaban J connectivity index is 2.09. The van der Waals surface area contributed by atoms with Crippen LogP contribution in [-0.2, 0) is 14.3 Å². The number of allylic oxidation sites excluding steroid dienone is 3. The third kappa shape index (κ3) is 6.94. The Morgan fingerprint density at radius 3 is 2.63 bits per heavy atom. The van der Waals surface area contributed by atoms with E-state index in [2.05, 4.69) is 19.1 Å². The lowest BCUT2D eigenvalue weighted by Gasteiger charge is -2.31. The number of carboxylic acids is 1. The summed E-state index contributed by atoms with van der Waals surface area (Å²) < 4.78 is 12.0. The molecule has 0 aromatic carbocycles. The molecule has 1 aliphatic heterocycles. The molecule has 1 saturated heterocycles. The number of unbranched alkanes of at least 4 members (excludes halogenated alkanes) is 3. The minimum atomic E-state index is -0.889. The van der Waals surface area contributed by atoms with Gasteiger partial charge in [0.1, 0.15) is 0 Å². The van der Waals surface area contributed by atoms with Crippen LogP contribution >= 0.6 is 0 Å². The van der Waals surface area contributed by atoms with Gasteiger partial charge in [-0.15, -0.1) is 0 Å². The predicted molar refractivity (Wildman–Crippen MR) is 114 cm³/mol. The van der Waals surface area contributed by atoms with E-state index in [9.17, 15) is 15.2 Å². The van der Waals surface area contributed by atoms with Gasteiger partial charge in [0.2, 0.25) is 0 Å². The Hall–Kier alpha value is -1.68. The molecule has 0 bridgehead atoms. The molecule has 1 aliphatic carbocycles. The normalized spacial score (nSPS) is 27.7. The standard InChI is InChI=1S/C24H37NO5/c1-3-4-9-13-23(2,28)14-12-20-19(18-25)17-24(29-15-16-30-24)21(20)10-7-5-6-8-11-22(26)27/h5,7,12,14,19-21,28H,3-4,6,8-11,13,15-17H2,1-2H3,(H,26,27)/b7-5+,14-12+/t19-,20?,21?,23?/m1/s1. The number of nitriles is 1. The average molecular weight is 420 g/mol. The van der Waals surface area contributed by atoms with Crippen LogP contribution in [0.25, 0.3) is 0 Å². The van der Waals surface area contributed by atoms with Gasteiger partial charge in [0.05, 0.1) is 30.8 Å². The molecule has 0 radical (unpaired) electrons. The van der Waals surface area contributed by atoms with E-state index in [1.165, 1.54) is 0 Å². The van der Waals surface area contributed by atoms with E-state index in [1.807, 2.05) is 25.2 Å². The van der Waals surface area contributed by atoms with Gasteiger partial charge >= 0.3 is 5.97 Å². The van der Waals surface area contributed by atoms with E-state index < -0.39 is 17.4 Å². The second kappa shape index (κ2) is 11.6. The molecular weight excluding hydrogens is 382 g/mol. The first-order chi connectivity index (χ1) is 14.3. The molecule has 1 heterocycles. The quantitative estimate of drug-likeness (QED) is 0.354. The predicted octanol–water partition coefficient (Wildman–Crippen LogP) is 4.59. The van der Waals surface area contributed by atoms with Crippen LogP contribution in [0.3, 0.4) is 0 Å². The van der Waals surface area contributed by atoms with Crippen molar-refractivity contribution in [3.05, 3.63) is 24.3 Å². The first-order valence-electron chi connectivity index (χ1n) is 11.3. The van der Waals surface area contributed by atoms with Crippen molar-refractivity contribution < 1.29 is 24.5 Å². The number of carbonyl (C=O) groups is 1. The average Bonchev–Trinajstić information content (AvgIpc) is 3.28. The van der Waals surface area contributed by atoms with Crippen LogP contribution in [0.4, 0.5) is 0 Å². The SMILES string of the molecule is CCCCCC(C)(O)/C=C/C1C(C/C=C/CCCC(=O)O)C2(C[C@@H]1C#N)OCCO2. The zero-order chi connectivity index (χ0) is 22.0. The van der Waals surface area contributed by atoms with E-state index >= 15 is 0 Å². The van der Waals surface area contributed by atoms with E-state index in [-0.39, 0.29) is 24.2 Å². The summed E-state index contributed by atoms with van der Waals surface area (Å²) in [7, 11) is 0. The van der Waals surface area contributed by atoms with Gasteiger partial charge in [0, 0.05) is 24.7 Å². The first kappa shape index (κ1) is 24.6. The van der Waals surface area contributed by atoms with Gasteiger partial charge in [0.15, 0.2) is 5.79 Å². The lowest BCUT2D eigenvalue weighted by atomic mass is 9.84. The number of aliphatic carboxylic acids is 1. The minimum absolute atomic E-state index is 0.0111. The van der Waals surface area contributed by atoms with Crippen molar-refractivity contribution >= 4 is 5.97 Å². The molecule has 0 aromatic rings. The van der Waals surface area contributed by atoms with Gasteiger partial charge in [-0.05, 0) is 32.6 Å². The fraction of sp³-hybridized carbons (Fsp3) is 0.750. The fourth-order valence-electron chi connectivity index (χ4n) is 4.57. The Morgan fingerprint density at radius 2 is 2.00 bits per heavy atom. The lowest BCUT2D eigenvalue weighted by Crippen LogP contribution is -2.36. The van der Waals surface area contributed by atoms with Gasteiger partial charge in [-0.25, -0.2) is 0 Å². The summed E-state index contributed by atoms with van der Waals surface area (Å²) in [4.78, 5) is 10.6. The molecule has 2 aliphatic rings. The van der Waals surface area contributed by atoms with Crippen molar-refractivity contribution in [3.63, 3.8) is 0 Å². The minimum Gasteiger partial charge on any atom is -0.481 e. The van der Waals surface area contributed by atoms with Crippen molar-refractivity contribution in [2.24, 2.45) is 17.8 Å². The number of aliphatic hydroxyl groups is 1. The number of rotatable bonds is 12. The molecule has 1 spiro atoms. The fourth-order valence-corrected chi connectivity index (χ4v) is 4.57. The molecule has 4 atom stereocenters. The second-order valence-corrected chi connectivity index (χ2v) is 8.80. The van der Waals surface area contributed by atoms with Crippen molar-refractivity contribution in [2.45, 2.75) is 83.0 Å². The molecule has 3 unspecified atom stereocenters. The first-order valence-corrected chi connectivity index (χ1v) is 11.3. The summed E-state index contributed by atoms with van der Waals surface area (Å²) >= 11 is 0. The van der Waals surface area contributed by atoms with Crippen LogP contribution in [-0.4, -0.2) is 40.8 Å². The highest BCUT2D eigenvalue weighted by molar-refractivity contribution is 5.66. The van der Waals surface area contributed by atoms with Crippen LogP contribution in [0.15, 0.2) is 24.3 Å². The van der Waals surface area contributed by atoms with Crippen LogP contribution < -0.4 is 0 Å². The molecule has 1 saturated carbocycles. The third-order valence-electron chi connectivity index (χ3n) is 6.22. The Kier molecular flexibility index (Phi) is 9.54. The van der Waals surface area contributed by atoms with Crippen molar-refractivity contribution in [1.82, 2.24) is 0 Å². The van der Waals surface area contributed by atoms with Crippen LogP contribution in [0.5, 0.6) is 0 Å². The van der Waals surface area contributed by atoms with Gasteiger partial charge in [0.25, 0.3) is 0 Å². The van der Waals surface area contributed by atoms with E-state index in [0.717, 1.165) is 19.3 Å². The maximum Gasteiger partial charge on any atom is 0.303 e. The number of carboxylic acid groups (broad SMARTS) is 1. The van der Waals surface area contributed by atoms with Crippen molar-refractivity contribution in [3.8, 4) is 6.07 Å². The van der Waals surface area contributed by atoms with Crippen LogP contribution in [0.1, 0.15) is 71.6 Å². The molecular formula is C24H37NO5. The number of ether oxygens (including phenoxy) is 2. The summed E-state index contributed by atoms with van der Waals surface area (Å²) in [5.74, 6) is -1.82. The maximum absolute atomic E-state index is 10.7. The van der Waals surface area contributed by atoms with E-state index in [1.54, 1.807) is 0 Å². The molecule has 6 nitrogen and oxygen atoms in total. The highest BCUT2D eigenvalue weighted by atomic mass is 16.7. The monoisotopic (exact) mass is 419 g/mol. The smallest absolute Gasteiger partial charge is 0.303 e. The van der Waals surface area contributed by atoms with Gasteiger partial charge in [-0.3, -0.25) is 4.79 Å². The summed E-state index contributed by atoms with van der Waals surface area (Å²) in [5, 5.41) is 29.2. The number of nitrogens with zero attached hydrogens (tertiary/aromatic N) is 1. The molecule has 2 N–H and O–H groups in total. The molecule has 2 rings (SSSR count). The highest BCUT2D eigenvalue weighted by Crippen LogP contribution is 2.51. The molecule has 168 valence electrons. The number of hydrogen-bond acceptors (Lipinski definition) is 5. The van der Waals surface area contributed by atoms with Crippen molar-refractivity contribution in [2.75, 3.05) is 13.2 Å². The Morgan fingerprint density at radius 1 is 1.27 bits per heavy atom. The lowest BCUT2D eigenvalue weighted by molar-refractivity contribution is -0.184. The summed E-state index contributed by atoms with van der Waals surface area (Å²) in [5.41, 5.74) is -0.889. The third-order valence-corrected chi connectivity index (χ3v) is 6.22. The summed E-state index contributed by atoms with van der Waals surface area (Å²) in [6.07, 6.45) is 14.5. The van der Waals surface area contributed by atoms with Gasteiger partial charge < -0.3 is 19.7 Å². The van der Waals surface area contributed by atoms with Gasteiger partial charge in [-0.1, -0.05) is 50.5 Å². The van der Waals surface area contributed by atoms with Crippen LogP contribution in [0.2, 0.25) is 0 Å². The summed E-state index contributed by atoms with van der Waals surface area (Å²) in [6.45, 7) is 5.02.